The van der Waals surface area contributed by atoms with Gasteiger partial charge in [0.1, 0.15) is 9.90 Å². The number of amides is 1. The van der Waals surface area contributed by atoms with E-state index in [1.807, 2.05) is 0 Å². The van der Waals surface area contributed by atoms with Crippen LogP contribution in [0.3, 0.4) is 0 Å². The number of hydrogen-bond acceptors (Lipinski definition) is 7. The van der Waals surface area contributed by atoms with Gasteiger partial charge in [0.25, 0.3) is 0 Å². The number of nitrogens with zero attached hydrogens (tertiary/aromatic N) is 3. The first-order valence-corrected chi connectivity index (χ1v) is 8.26. The van der Waals surface area contributed by atoms with Gasteiger partial charge >= 0.3 is 0 Å². The maximum Gasteiger partial charge on any atom is 0.241 e. The van der Waals surface area contributed by atoms with Crippen molar-refractivity contribution in [2.24, 2.45) is 0 Å². The summed E-state index contributed by atoms with van der Waals surface area (Å²) in [5.41, 5.74) is 5.67. The molecular formula is C10H16N4O3S2. The molecule has 9 heteroatoms. The molecule has 2 heterocycles. The fourth-order valence-electron chi connectivity index (χ4n) is 1.85. The Bertz CT molecular complexity index is 596. The second-order valence-corrected chi connectivity index (χ2v) is 7.31. The van der Waals surface area contributed by atoms with E-state index in [1.54, 1.807) is 23.8 Å². The van der Waals surface area contributed by atoms with Crippen molar-refractivity contribution in [1.29, 1.82) is 0 Å². The lowest BCUT2D eigenvalue weighted by atomic mass is 10.3. The molecule has 2 N–H and O–H groups in total. The summed E-state index contributed by atoms with van der Waals surface area (Å²) in [5, 5.41) is 0.473. The molecule has 0 unspecified atom stereocenters. The molecule has 0 aromatic carbocycles. The maximum atomic E-state index is 12.1. The molecule has 0 atom stereocenters. The lowest BCUT2D eigenvalue weighted by Gasteiger charge is -2.32. The summed E-state index contributed by atoms with van der Waals surface area (Å²) in [7, 11) is -1.71. The van der Waals surface area contributed by atoms with Gasteiger partial charge in [-0.05, 0) is 11.5 Å². The van der Waals surface area contributed by atoms with Crippen LogP contribution in [0.15, 0.2) is 4.90 Å². The van der Waals surface area contributed by atoms with Crippen molar-refractivity contribution in [1.82, 2.24) is 9.27 Å². The highest BCUT2D eigenvalue weighted by Crippen LogP contribution is 2.35. The quantitative estimate of drug-likeness (QED) is 0.830. The van der Waals surface area contributed by atoms with Crippen LogP contribution >= 0.6 is 11.5 Å². The average Bonchev–Trinajstić information content (AvgIpc) is 2.75. The van der Waals surface area contributed by atoms with E-state index in [0.717, 1.165) is 11.5 Å². The fraction of sp³-hybridized carbons (Fsp3) is 0.600. The molecule has 1 aliphatic rings. The van der Waals surface area contributed by atoms with Gasteiger partial charge < -0.3 is 15.5 Å². The summed E-state index contributed by atoms with van der Waals surface area (Å²) in [6.45, 7) is 2.86. The molecule has 106 valence electrons. The summed E-state index contributed by atoms with van der Waals surface area (Å²) in [6, 6.07) is 0. The Morgan fingerprint density at radius 3 is 2.68 bits per heavy atom. The van der Waals surface area contributed by atoms with E-state index in [1.165, 1.54) is 0 Å². The number of likely N-dealkylation sites (N-methyl/N-ethyl adjacent to an activating group) is 1. The van der Waals surface area contributed by atoms with E-state index in [-0.39, 0.29) is 28.9 Å². The van der Waals surface area contributed by atoms with Gasteiger partial charge in [0.15, 0.2) is 15.7 Å². The zero-order valence-corrected chi connectivity index (χ0v) is 12.4. The molecule has 19 heavy (non-hydrogen) atoms. The summed E-state index contributed by atoms with van der Waals surface area (Å²) in [6.07, 6.45) is 0. The van der Waals surface area contributed by atoms with E-state index in [4.69, 9.17) is 5.73 Å². The van der Waals surface area contributed by atoms with Crippen molar-refractivity contribution in [3.8, 4) is 0 Å². The smallest absolute Gasteiger partial charge is 0.241 e. The molecule has 1 aromatic rings. The zero-order chi connectivity index (χ0) is 14.2. The molecule has 0 aliphatic carbocycles. The molecule has 7 nitrogen and oxygen atoms in total. The van der Waals surface area contributed by atoms with E-state index in [0.29, 0.717) is 18.1 Å². The molecule has 1 saturated heterocycles. The average molecular weight is 304 g/mol. The molecule has 0 bridgehead atoms. The molecule has 1 aromatic heterocycles. The molecule has 2 rings (SSSR count). The number of piperazine rings is 1. The van der Waals surface area contributed by atoms with Gasteiger partial charge in [-0.3, -0.25) is 4.79 Å². The first kappa shape index (κ1) is 14.1. The lowest BCUT2D eigenvalue weighted by Crippen LogP contribution is -2.48. The van der Waals surface area contributed by atoms with Gasteiger partial charge in [-0.1, -0.05) is 6.92 Å². The largest absolute Gasteiger partial charge is 0.382 e. The number of hydrogen-bond donors (Lipinski definition) is 1. The number of carbonyl (C=O) groups excluding carboxylic acids is 1. The third-order valence-corrected chi connectivity index (χ3v) is 5.93. The Kier molecular flexibility index (Phi) is 3.68. The molecular weight excluding hydrogens is 288 g/mol. The molecule has 0 radical (unpaired) electrons. The van der Waals surface area contributed by atoms with Crippen molar-refractivity contribution in [3.05, 3.63) is 0 Å². The Morgan fingerprint density at radius 2 is 2.11 bits per heavy atom. The van der Waals surface area contributed by atoms with Gasteiger partial charge in [-0.25, -0.2) is 8.42 Å². The predicted octanol–water partition coefficient (Wildman–Crippen LogP) is -0.203. The lowest BCUT2D eigenvalue weighted by molar-refractivity contribution is -0.129. The minimum Gasteiger partial charge on any atom is -0.382 e. The van der Waals surface area contributed by atoms with Gasteiger partial charge in [0, 0.05) is 20.1 Å². The van der Waals surface area contributed by atoms with Crippen LogP contribution in [0.4, 0.5) is 10.8 Å². The third-order valence-electron chi connectivity index (χ3n) is 3.09. The molecule has 0 saturated carbocycles. The van der Waals surface area contributed by atoms with Crippen molar-refractivity contribution >= 4 is 38.1 Å². The molecule has 0 spiro atoms. The summed E-state index contributed by atoms with van der Waals surface area (Å²) in [4.78, 5) is 15.1. The number of nitrogens with two attached hydrogens (primary N) is 1. The summed E-state index contributed by atoms with van der Waals surface area (Å²) >= 11 is 1.03. The van der Waals surface area contributed by atoms with Crippen LogP contribution in [0, 0.1) is 0 Å². The minimum atomic E-state index is -3.44. The number of rotatable bonds is 3. The monoisotopic (exact) mass is 304 g/mol. The third kappa shape index (κ3) is 2.52. The van der Waals surface area contributed by atoms with Gasteiger partial charge in [-0.15, -0.1) is 0 Å². The Hall–Kier alpha value is -1.35. The highest BCUT2D eigenvalue weighted by atomic mass is 32.2. The van der Waals surface area contributed by atoms with Crippen molar-refractivity contribution in [2.45, 2.75) is 11.8 Å². The van der Waals surface area contributed by atoms with Crippen LogP contribution < -0.4 is 10.6 Å². The van der Waals surface area contributed by atoms with Crippen molar-refractivity contribution in [3.63, 3.8) is 0 Å². The first-order chi connectivity index (χ1) is 8.86. The number of nitrogen functional groups attached to an aromatic ring is 1. The Balaban J connectivity index is 2.40. The standard InChI is InChI=1S/C10H16N4O3S2/c1-3-19(16,17)8-9(11)12-18-10(8)14-5-4-13(2)7(15)6-14/h3-6H2,1-2H3,(H2,11,12). The number of sulfone groups is 1. The van der Waals surface area contributed by atoms with Gasteiger partial charge in [0.2, 0.25) is 5.91 Å². The highest BCUT2D eigenvalue weighted by Gasteiger charge is 2.30. The molecule has 1 aliphatic heterocycles. The topological polar surface area (TPSA) is 96.6 Å². The molecule has 1 fully saturated rings. The zero-order valence-electron chi connectivity index (χ0n) is 10.8. The Labute approximate surface area is 116 Å². The van der Waals surface area contributed by atoms with Crippen LogP contribution in [-0.4, -0.2) is 56.0 Å². The second-order valence-electron chi connectivity index (χ2n) is 4.34. The van der Waals surface area contributed by atoms with E-state index in [9.17, 15) is 13.2 Å². The number of aromatic nitrogens is 1. The normalized spacial score (nSPS) is 17.1. The SMILES string of the molecule is CCS(=O)(=O)c1c(N)nsc1N1CCN(C)C(=O)C1. The van der Waals surface area contributed by atoms with E-state index >= 15 is 0 Å². The van der Waals surface area contributed by atoms with Crippen LogP contribution in [0.1, 0.15) is 6.92 Å². The maximum absolute atomic E-state index is 12.1. The fourth-order valence-corrected chi connectivity index (χ4v) is 4.19. The Morgan fingerprint density at radius 1 is 1.42 bits per heavy atom. The van der Waals surface area contributed by atoms with Crippen LogP contribution in [0.2, 0.25) is 0 Å². The molecule has 1 amide bonds. The summed E-state index contributed by atoms with van der Waals surface area (Å²) in [5.74, 6) is -0.0593. The van der Waals surface area contributed by atoms with Gasteiger partial charge in [0.05, 0.1) is 12.3 Å². The number of anilines is 2. The van der Waals surface area contributed by atoms with E-state index in [2.05, 4.69) is 4.37 Å². The first-order valence-electron chi connectivity index (χ1n) is 5.83. The van der Waals surface area contributed by atoms with Gasteiger partial charge in [-0.2, -0.15) is 4.37 Å². The van der Waals surface area contributed by atoms with Crippen LogP contribution in [0.5, 0.6) is 0 Å². The number of carbonyl (C=O) groups is 1. The highest BCUT2D eigenvalue weighted by molar-refractivity contribution is 7.91. The van der Waals surface area contributed by atoms with Crippen molar-refractivity contribution in [2.75, 3.05) is 43.1 Å². The van der Waals surface area contributed by atoms with E-state index < -0.39 is 9.84 Å². The second kappa shape index (κ2) is 4.97. The predicted molar refractivity (Wildman–Crippen MR) is 74.1 cm³/mol. The summed E-state index contributed by atoms with van der Waals surface area (Å²) < 4.78 is 28.0. The minimum absolute atomic E-state index is 0.0215. The van der Waals surface area contributed by atoms with Crippen LogP contribution in [-0.2, 0) is 14.6 Å². The van der Waals surface area contributed by atoms with Crippen LogP contribution in [0.25, 0.3) is 0 Å². The van der Waals surface area contributed by atoms with Crippen molar-refractivity contribution < 1.29 is 13.2 Å².